The molecule has 0 amide bonds. The number of ether oxygens (including phenoxy) is 4. The predicted molar refractivity (Wildman–Crippen MR) is 90.6 cm³/mol. The van der Waals surface area contributed by atoms with Crippen LogP contribution in [0.1, 0.15) is 27.3 Å². The van der Waals surface area contributed by atoms with E-state index in [1.54, 1.807) is 19.9 Å². The van der Waals surface area contributed by atoms with Gasteiger partial charge in [0.25, 0.3) is 0 Å². The molecule has 2 aromatic rings. The second-order valence-corrected chi connectivity index (χ2v) is 5.35. The lowest BCUT2D eigenvalue weighted by molar-refractivity contribution is 0.0469. The van der Waals surface area contributed by atoms with Gasteiger partial charge in [0.15, 0.2) is 11.5 Å². The number of methoxy groups -OCH3 is 3. The molecule has 7 heteroatoms. The van der Waals surface area contributed by atoms with Gasteiger partial charge < -0.3 is 24.1 Å². The summed E-state index contributed by atoms with van der Waals surface area (Å²) in [5.41, 5.74) is 1.95. The fraction of sp³-hybridized carbons (Fsp3) is 0.333. The van der Waals surface area contributed by atoms with Gasteiger partial charge in [0.1, 0.15) is 12.4 Å². The molecule has 0 fully saturated rings. The van der Waals surface area contributed by atoms with Crippen molar-refractivity contribution in [2.45, 2.75) is 20.5 Å². The number of carbonyl (C=O) groups is 1. The number of carbonyl (C=O) groups excluding carboxylic acids is 1. The Kier molecular flexibility index (Phi) is 5.69. The molecule has 0 spiro atoms. The SMILES string of the molecule is COc1cc(C(=O)OCc2cc(C)nc(C)c2O)cc(OC)c1OC. The third-order valence-corrected chi connectivity index (χ3v) is 3.63. The molecule has 2 rings (SSSR count). The van der Waals surface area contributed by atoms with Gasteiger partial charge in [0.05, 0.1) is 32.6 Å². The van der Waals surface area contributed by atoms with E-state index in [9.17, 15) is 9.90 Å². The Bertz CT molecular complexity index is 762. The number of aromatic hydroxyl groups is 1. The molecule has 0 saturated carbocycles. The van der Waals surface area contributed by atoms with Crippen LogP contribution in [0.15, 0.2) is 18.2 Å². The molecule has 1 heterocycles. The molecule has 0 aliphatic carbocycles. The molecule has 0 atom stereocenters. The van der Waals surface area contributed by atoms with Crippen LogP contribution < -0.4 is 14.2 Å². The summed E-state index contributed by atoms with van der Waals surface area (Å²) >= 11 is 0. The molecule has 1 aromatic carbocycles. The van der Waals surface area contributed by atoms with E-state index in [0.29, 0.717) is 28.5 Å². The largest absolute Gasteiger partial charge is 0.506 e. The lowest BCUT2D eigenvalue weighted by Gasteiger charge is -2.14. The van der Waals surface area contributed by atoms with Gasteiger partial charge in [-0.2, -0.15) is 0 Å². The minimum atomic E-state index is -0.578. The first kappa shape index (κ1) is 18.4. The fourth-order valence-electron chi connectivity index (χ4n) is 2.44. The van der Waals surface area contributed by atoms with Crippen molar-refractivity contribution >= 4 is 5.97 Å². The average molecular weight is 347 g/mol. The molecule has 0 unspecified atom stereocenters. The van der Waals surface area contributed by atoms with Crippen LogP contribution in [0, 0.1) is 13.8 Å². The first-order chi connectivity index (χ1) is 11.9. The van der Waals surface area contributed by atoms with E-state index >= 15 is 0 Å². The van der Waals surface area contributed by atoms with Crippen molar-refractivity contribution in [3.8, 4) is 23.0 Å². The van der Waals surface area contributed by atoms with E-state index in [1.807, 2.05) is 0 Å². The summed E-state index contributed by atoms with van der Waals surface area (Å²) in [6, 6.07) is 4.68. The van der Waals surface area contributed by atoms with E-state index in [0.717, 1.165) is 5.69 Å². The molecule has 25 heavy (non-hydrogen) atoms. The van der Waals surface area contributed by atoms with E-state index in [-0.39, 0.29) is 17.9 Å². The van der Waals surface area contributed by atoms with Gasteiger partial charge in [0, 0.05) is 11.3 Å². The Morgan fingerprint density at radius 2 is 1.64 bits per heavy atom. The Morgan fingerprint density at radius 1 is 1.04 bits per heavy atom. The zero-order valence-electron chi connectivity index (χ0n) is 14.9. The van der Waals surface area contributed by atoms with Gasteiger partial charge in [-0.1, -0.05) is 0 Å². The van der Waals surface area contributed by atoms with Gasteiger partial charge in [-0.05, 0) is 32.0 Å². The summed E-state index contributed by atoms with van der Waals surface area (Å²) in [4.78, 5) is 16.5. The number of rotatable bonds is 6. The highest BCUT2D eigenvalue weighted by molar-refractivity contribution is 5.91. The van der Waals surface area contributed by atoms with Crippen molar-refractivity contribution in [1.82, 2.24) is 4.98 Å². The Labute approximate surface area is 146 Å². The van der Waals surface area contributed by atoms with Crippen LogP contribution >= 0.6 is 0 Å². The van der Waals surface area contributed by atoms with Crippen LogP contribution in [0.25, 0.3) is 0 Å². The second-order valence-electron chi connectivity index (χ2n) is 5.35. The van der Waals surface area contributed by atoms with E-state index in [2.05, 4.69) is 4.98 Å². The van der Waals surface area contributed by atoms with Gasteiger partial charge >= 0.3 is 5.97 Å². The van der Waals surface area contributed by atoms with Crippen LogP contribution in [0.3, 0.4) is 0 Å². The van der Waals surface area contributed by atoms with Crippen molar-refractivity contribution < 1.29 is 28.8 Å². The third-order valence-electron chi connectivity index (χ3n) is 3.63. The number of hydrogen-bond acceptors (Lipinski definition) is 7. The smallest absolute Gasteiger partial charge is 0.338 e. The summed E-state index contributed by atoms with van der Waals surface area (Å²) in [7, 11) is 4.41. The minimum absolute atomic E-state index is 0.0169. The van der Waals surface area contributed by atoms with Gasteiger partial charge in [0.2, 0.25) is 5.75 Å². The monoisotopic (exact) mass is 347 g/mol. The Hall–Kier alpha value is -2.96. The van der Waals surface area contributed by atoms with Crippen LogP contribution in [0.5, 0.6) is 23.0 Å². The zero-order valence-corrected chi connectivity index (χ0v) is 14.9. The van der Waals surface area contributed by atoms with Gasteiger partial charge in [-0.3, -0.25) is 4.98 Å². The number of pyridine rings is 1. The summed E-state index contributed by atoms with van der Waals surface area (Å²) in [5.74, 6) is 0.535. The van der Waals surface area contributed by atoms with Gasteiger partial charge in [-0.15, -0.1) is 0 Å². The Balaban J connectivity index is 2.24. The maximum absolute atomic E-state index is 12.4. The van der Waals surface area contributed by atoms with Crippen LogP contribution in [0.2, 0.25) is 0 Å². The number of esters is 1. The summed E-state index contributed by atoms with van der Waals surface area (Å²) < 4.78 is 21.0. The van der Waals surface area contributed by atoms with E-state index < -0.39 is 5.97 Å². The zero-order chi connectivity index (χ0) is 18.6. The molecular formula is C18H21NO6. The van der Waals surface area contributed by atoms with Crippen LogP contribution in [-0.2, 0) is 11.3 Å². The summed E-state index contributed by atoms with van der Waals surface area (Å²) in [6.45, 7) is 3.41. The normalized spacial score (nSPS) is 10.3. The second kappa shape index (κ2) is 7.74. The van der Waals surface area contributed by atoms with Crippen molar-refractivity contribution in [1.29, 1.82) is 0 Å². The Morgan fingerprint density at radius 3 is 2.16 bits per heavy atom. The molecular weight excluding hydrogens is 326 g/mol. The fourth-order valence-corrected chi connectivity index (χ4v) is 2.44. The van der Waals surface area contributed by atoms with E-state index in [4.69, 9.17) is 18.9 Å². The number of aryl methyl sites for hydroxylation is 2. The topological polar surface area (TPSA) is 87.1 Å². The molecule has 0 bridgehead atoms. The molecule has 0 radical (unpaired) electrons. The standard InChI is InChI=1S/C18H21NO6/c1-10-6-13(16(20)11(2)19-10)9-25-18(21)12-7-14(22-3)17(24-5)15(8-12)23-4/h6-8,20H,9H2,1-5H3. The highest BCUT2D eigenvalue weighted by atomic mass is 16.5. The van der Waals surface area contributed by atoms with E-state index in [1.165, 1.54) is 33.5 Å². The van der Waals surface area contributed by atoms with Gasteiger partial charge in [-0.25, -0.2) is 4.79 Å². The summed E-state index contributed by atoms with van der Waals surface area (Å²) in [5, 5.41) is 10.0. The lowest BCUT2D eigenvalue weighted by atomic mass is 10.1. The van der Waals surface area contributed by atoms with Crippen molar-refractivity contribution in [2.75, 3.05) is 21.3 Å². The maximum Gasteiger partial charge on any atom is 0.338 e. The molecule has 0 aliphatic rings. The number of benzene rings is 1. The molecule has 1 aromatic heterocycles. The minimum Gasteiger partial charge on any atom is -0.506 e. The van der Waals surface area contributed by atoms with Crippen LogP contribution in [0.4, 0.5) is 0 Å². The molecule has 134 valence electrons. The van der Waals surface area contributed by atoms with Crippen LogP contribution in [-0.4, -0.2) is 37.4 Å². The first-order valence-corrected chi connectivity index (χ1v) is 7.54. The first-order valence-electron chi connectivity index (χ1n) is 7.54. The highest BCUT2D eigenvalue weighted by Crippen LogP contribution is 2.38. The third kappa shape index (κ3) is 3.93. The lowest BCUT2D eigenvalue weighted by Crippen LogP contribution is -2.07. The highest BCUT2D eigenvalue weighted by Gasteiger charge is 2.18. The average Bonchev–Trinajstić information content (AvgIpc) is 2.61. The summed E-state index contributed by atoms with van der Waals surface area (Å²) in [6.07, 6.45) is 0. The number of hydrogen-bond donors (Lipinski definition) is 1. The number of nitrogens with zero attached hydrogens (tertiary/aromatic N) is 1. The van der Waals surface area contributed by atoms with Crippen molar-refractivity contribution in [3.05, 3.63) is 40.7 Å². The maximum atomic E-state index is 12.4. The molecule has 1 N–H and O–H groups in total. The van der Waals surface area contributed by atoms with Crippen molar-refractivity contribution in [2.24, 2.45) is 0 Å². The predicted octanol–water partition coefficient (Wildman–Crippen LogP) is 2.79. The quantitative estimate of drug-likeness (QED) is 0.804. The molecule has 7 nitrogen and oxygen atoms in total. The molecule has 0 aliphatic heterocycles. The molecule has 0 saturated heterocycles. The van der Waals surface area contributed by atoms with Crippen molar-refractivity contribution in [3.63, 3.8) is 0 Å². The number of aromatic nitrogens is 1.